The highest BCUT2D eigenvalue weighted by Gasteiger charge is 2.19. The highest BCUT2D eigenvalue weighted by atomic mass is 16.3. The van der Waals surface area contributed by atoms with E-state index in [0.717, 1.165) is 59.5 Å². The first-order valence-electron chi connectivity index (χ1n) is 11.4. The Balaban J connectivity index is 1.37. The van der Waals surface area contributed by atoms with Crippen LogP contribution in [0.15, 0.2) is 43.0 Å². The minimum atomic E-state index is -0.205. The monoisotopic (exact) mass is 454 g/mol. The smallest absolute Gasteiger partial charge is 0.231 e. The number of aliphatic hydroxyl groups excluding tert-OH is 1. The van der Waals surface area contributed by atoms with Crippen molar-refractivity contribution in [3.05, 3.63) is 65.5 Å². The zero-order chi connectivity index (χ0) is 23.7. The molecule has 34 heavy (non-hydrogen) atoms. The number of aromatic amines is 1. The Morgan fingerprint density at radius 3 is 2.74 bits per heavy atom. The molecule has 0 aliphatic carbocycles. The van der Waals surface area contributed by atoms with E-state index in [4.69, 9.17) is 11.6 Å². The van der Waals surface area contributed by atoms with Crippen molar-refractivity contribution in [1.29, 1.82) is 0 Å². The number of aromatic nitrogens is 5. The summed E-state index contributed by atoms with van der Waals surface area (Å²) >= 11 is 0. The maximum Gasteiger partial charge on any atom is 0.231 e. The number of H-pyrrole nitrogens is 1. The Hall–Kier alpha value is -4.03. The van der Waals surface area contributed by atoms with E-state index in [0.29, 0.717) is 17.3 Å². The van der Waals surface area contributed by atoms with Crippen LogP contribution >= 0.6 is 0 Å². The molecule has 1 aliphatic rings. The first-order chi connectivity index (χ1) is 16.5. The molecule has 0 amide bonds. The third-order valence-corrected chi connectivity index (χ3v) is 6.22. The van der Waals surface area contributed by atoms with Crippen LogP contribution < -0.4 is 10.2 Å². The number of hydrogen-bond acceptors (Lipinski definition) is 7. The zero-order valence-corrected chi connectivity index (χ0v) is 19.2. The van der Waals surface area contributed by atoms with Crippen LogP contribution in [0.4, 0.5) is 17.5 Å². The molecule has 0 aromatic carbocycles. The van der Waals surface area contributed by atoms with Gasteiger partial charge in [0.15, 0.2) is 0 Å². The lowest BCUT2D eigenvalue weighted by Crippen LogP contribution is -2.36. The van der Waals surface area contributed by atoms with E-state index in [1.165, 1.54) is 0 Å². The molecule has 3 N–H and O–H groups in total. The average molecular weight is 455 g/mol. The molecule has 9 heteroatoms. The lowest BCUT2D eigenvalue weighted by atomic mass is 10.1. The standard InChI is InChI=1S/C25H26N8O/c1-15-10-19-20(13-29-24(19)28-11-15)23-21(26-3)14-30-25(32-23)31-16(2)17-4-5-22(27-12-17)33-8-6-18(34)7-9-33/h4-5,10-14,16,18,34H,6-9H2,1-2H3,(H,28,29)(H,30,31,32). The van der Waals surface area contributed by atoms with Gasteiger partial charge < -0.3 is 20.3 Å². The van der Waals surface area contributed by atoms with Gasteiger partial charge in [-0.15, -0.1) is 0 Å². The number of nitrogens with one attached hydrogen (secondary N) is 2. The number of piperidine rings is 1. The molecule has 1 aliphatic heterocycles. The van der Waals surface area contributed by atoms with Crippen molar-refractivity contribution in [3.8, 4) is 11.3 Å². The topological polar surface area (TPSA) is 107 Å². The van der Waals surface area contributed by atoms with Crippen molar-refractivity contribution < 1.29 is 5.11 Å². The Kier molecular flexibility index (Phi) is 5.82. The van der Waals surface area contributed by atoms with Crippen LogP contribution in [0.3, 0.4) is 0 Å². The lowest BCUT2D eigenvalue weighted by Gasteiger charge is -2.30. The Labute approximate surface area is 197 Å². The van der Waals surface area contributed by atoms with E-state index in [9.17, 15) is 5.11 Å². The summed E-state index contributed by atoms with van der Waals surface area (Å²) in [4.78, 5) is 27.1. The van der Waals surface area contributed by atoms with Gasteiger partial charge in [-0.2, -0.15) is 0 Å². The number of aliphatic hydroxyl groups is 1. The van der Waals surface area contributed by atoms with Crippen LogP contribution in [-0.2, 0) is 0 Å². The molecule has 1 saturated heterocycles. The van der Waals surface area contributed by atoms with Gasteiger partial charge in [-0.1, -0.05) is 6.07 Å². The molecule has 4 aromatic rings. The summed E-state index contributed by atoms with van der Waals surface area (Å²) in [7, 11) is 0. The molecule has 0 bridgehead atoms. The molecule has 4 aromatic heterocycles. The SMILES string of the molecule is [C-]#[N+]c1cnc(NC(C)c2ccc(N3CCC(O)CC3)nc2)nc1-c1c[nH]c2ncc(C)cc12. The summed E-state index contributed by atoms with van der Waals surface area (Å²) in [5, 5.41) is 14.0. The van der Waals surface area contributed by atoms with Gasteiger partial charge >= 0.3 is 0 Å². The summed E-state index contributed by atoms with van der Waals surface area (Å²) < 4.78 is 0. The molecule has 9 nitrogen and oxygen atoms in total. The Bertz CT molecular complexity index is 1350. The Morgan fingerprint density at radius 2 is 2.00 bits per heavy atom. The Morgan fingerprint density at radius 1 is 1.18 bits per heavy atom. The molecule has 0 spiro atoms. The van der Waals surface area contributed by atoms with Crippen LogP contribution in [0.1, 0.15) is 36.9 Å². The van der Waals surface area contributed by atoms with Crippen LogP contribution in [0.2, 0.25) is 0 Å². The largest absolute Gasteiger partial charge is 0.393 e. The fourth-order valence-corrected chi connectivity index (χ4v) is 4.24. The molecule has 1 atom stereocenters. The number of anilines is 2. The van der Waals surface area contributed by atoms with Gasteiger partial charge in [-0.25, -0.2) is 24.8 Å². The van der Waals surface area contributed by atoms with Gasteiger partial charge in [0.05, 0.1) is 24.4 Å². The van der Waals surface area contributed by atoms with Crippen LogP contribution in [0.25, 0.3) is 27.1 Å². The summed E-state index contributed by atoms with van der Waals surface area (Å²) in [6.45, 7) is 13.2. The van der Waals surface area contributed by atoms with E-state index < -0.39 is 0 Å². The van der Waals surface area contributed by atoms with Gasteiger partial charge in [0.2, 0.25) is 11.6 Å². The summed E-state index contributed by atoms with van der Waals surface area (Å²) in [5.74, 6) is 1.37. The lowest BCUT2D eigenvalue weighted by molar-refractivity contribution is 0.145. The van der Waals surface area contributed by atoms with E-state index in [2.05, 4.69) is 35.0 Å². The first kappa shape index (κ1) is 21.8. The fourth-order valence-electron chi connectivity index (χ4n) is 4.24. The fraction of sp³-hybridized carbons (Fsp3) is 0.320. The van der Waals surface area contributed by atoms with Crippen molar-refractivity contribution in [2.45, 2.75) is 38.8 Å². The van der Waals surface area contributed by atoms with E-state index in [-0.39, 0.29) is 12.1 Å². The minimum Gasteiger partial charge on any atom is -0.393 e. The zero-order valence-electron chi connectivity index (χ0n) is 19.2. The van der Waals surface area contributed by atoms with E-state index >= 15 is 0 Å². The normalized spacial score (nSPS) is 15.3. The molecule has 1 unspecified atom stereocenters. The number of pyridine rings is 2. The molecule has 5 heterocycles. The van der Waals surface area contributed by atoms with Gasteiger partial charge in [0.1, 0.15) is 11.5 Å². The average Bonchev–Trinajstić information content (AvgIpc) is 3.27. The highest BCUT2D eigenvalue weighted by Crippen LogP contribution is 2.34. The second-order valence-corrected chi connectivity index (χ2v) is 8.68. The van der Waals surface area contributed by atoms with Crippen molar-refractivity contribution in [1.82, 2.24) is 24.9 Å². The number of nitrogens with zero attached hydrogens (tertiary/aromatic N) is 6. The number of fused-ring (bicyclic) bond motifs is 1. The van der Waals surface area contributed by atoms with Crippen molar-refractivity contribution in [3.63, 3.8) is 0 Å². The van der Waals surface area contributed by atoms with E-state index in [1.807, 2.05) is 44.4 Å². The maximum absolute atomic E-state index is 9.72. The van der Waals surface area contributed by atoms with Crippen LogP contribution in [-0.4, -0.2) is 49.2 Å². The number of aryl methyl sites for hydroxylation is 1. The predicted octanol–water partition coefficient (Wildman–Crippen LogP) is 4.41. The number of rotatable bonds is 5. The predicted molar refractivity (Wildman–Crippen MR) is 132 cm³/mol. The second kappa shape index (κ2) is 9.08. The third kappa shape index (κ3) is 4.28. The maximum atomic E-state index is 9.72. The number of hydrogen-bond donors (Lipinski definition) is 3. The molecule has 5 rings (SSSR count). The highest BCUT2D eigenvalue weighted by molar-refractivity contribution is 5.96. The van der Waals surface area contributed by atoms with Crippen LogP contribution in [0, 0.1) is 13.5 Å². The minimum absolute atomic E-state index is 0.0803. The van der Waals surface area contributed by atoms with Crippen molar-refractivity contribution in [2.24, 2.45) is 0 Å². The van der Waals surface area contributed by atoms with Gasteiger partial charge in [-0.3, -0.25) is 0 Å². The summed E-state index contributed by atoms with van der Waals surface area (Å²) in [5.41, 5.74) is 4.58. The molecular formula is C25H26N8O. The molecular weight excluding hydrogens is 428 g/mol. The molecule has 0 saturated carbocycles. The van der Waals surface area contributed by atoms with Crippen molar-refractivity contribution in [2.75, 3.05) is 23.3 Å². The first-order valence-corrected chi connectivity index (χ1v) is 11.4. The third-order valence-electron chi connectivity index (χ3n) is 6.22. The summed E-state index contributed by atoms with van der Waals surface area (Å²) in [6, 6.07) is 6.02. The van der Waals surface area contributed by atoms with Gasteiger partial charge in [-0.05, 0) is 49.9 Å². The van der Waals surface area contributed by atoms with E-state index in [1.54, 1.807) is 12.4 Å². The van der Waals surface area contributed by atoms with Crippen LogP contribution in [0.5, 0.6) is 0 Å². The summed E-state index contributed by atoms with van der Waals surface area (Å²) in [6.07, 6.45) is 8.40. The van der Waals surface area contributed by atoms with Crippen molar-refractivity contribution >= 4 is 28.5 Å². The quantitative estimate of drug-likeness (QED) is 0.384. The van der Waals surface area contributed by atoms with Gasteiger partial charge in [0, 0.05) is 48.8 Å². The molecule has 172 valence electrons. The molecule has 1 fully saturated rings. The molecule has 0 radical (unpaired) electrons. The second-order valence-electron chi connectivity index (χ2n) is 8.68. The van der Waals surface area contributed by atoms with Gasteiger partial charge in [0.25, 0.3) is 0 Å².